The number of rotatable bonds is 4. The number of nitrogens with one attached hydrogen (secondary N) is 1. The minimum atomic E-state index is -0.340. The van der Waals surface area contributed by atoms with E-state index in [0.29, 0.717) is 5.56 Å². The van der Waals surface area contributed by atoms with Gasteiger partial charge in [-0.1, -0.05) is 6.07 Å². The third-order valence-corrected chi connectivity index (χ3v) is 2.91. The van der Waals surface area contributed by atoms with Gasteiger partial charge in [0.2, 0.25) is 0 Å². The van der Waals surface area contributed by atoms with E-state index < -0.39 is 0 Å². The van der Waals surface area contributed by atoms with Crippen LogP contribution >= 0.6 is 0 Å². The molecule has 0 aliphatic rings. The SMILES string of the molecule is COC(=O)c1cccc(NC(C)c2nccn2C)c1. The number of nitrogens with zero attached hydrogens (tertiary/aromatic N) is 2. The van der Waals surface area contributed by atoms with Gasteiger partial charge in [0.15, 0.2) is 0 Å². The number of imidazole rings is 1. The van der Waals surface area contributed by atoms with Gasteiger partial charge in [0.1, 0.15) is 5.82 Å². The van der Waals surface area contributed by atoms with E-state index >= 15 is 0 Å². The van der Waals surface area contributed by atoms with E-state index in [0.717, 1.165) is 11.5 Å². The average Bonchev–Trinajstić information content (AvgIpc) is 2.84. The molecule has 0 radical (unpaired) electrons. The fourth-order valence-corrected chi connectivity index (χ4v) is 1.96. The lowest BCUT2D eigenvalue weighted by molar-refractivity contribution is 0.0601. The molecule has 1 aromatic carbocycles. The number of aryl methyl sites for hydroxylation is 1. The van der Waals surface area contributed by atoms with Crippen LogP contribution in [-0.2, 0) is 11.8 Å². The van der Waals surface area contributed by atoms with E-state index in [-0.39, 0.29) is 12.0 Å². The second-order valence-corrected chi connectivity index (χ2v) is 4.33. The van der Waals surface area contributed by atoms with Crippen molar-refractivity contribution in [2.75, 3.05) is 12.4 Å². The molecule has 1 N–H and O–H groups in total. The molecule has 0 amide bonds. The number of aromatic nitrogens is 2. The van der Waals surface area contributed by atoms with Gasteiger partial charge < -0.3 is 14.6 Å². The highest BCUT2D eigenvalue weighted by molar-refractivity contribution is 5.90. The van der Waals surface area contributed by atoms with Crippen LogP contribution in [0.5, 0.6) is 0 Å². The summed E-state index contributed by atoms with van der Waals surface area (Å²) in [6, 6.07) is 7.27. The molecule has 0 spiro atoms. The molecule has 1 atom stereocenters. The van der Waals surface area contributed by atoms with Crippen molar-refractivity contribution in [3.63, 3.8) is 0 Å². The van der Waals surface area contributed by atoms with Crippen molar-refractivity contribution >= 4 is 11.7 Å². The minimum Gasteiger partial charge on any atom is -0.465 e. The highest BCUT2D eigenvalue weighted by Crippen LogP contribution is 2.18. The Kier molecular flexibility index (Phi) is 3.85. The molecule has 0 saturated heterocycles. The van der Waals surface area contributed by atoms with E-state index in [9.17, 15) is 4.79 Å². The average molecular weight is 259 g/mol. The Bertz CT molecular complexity index is 578. The number of benzene rings is 1. The van der Waals surface area contributed by atoms with E-state index in [4.69, 9.17) is 4.74 Å². The highest BCUT2D eigenvalue weighted by Gasteiger charge is 2.11. The summed E-state index contributed by atoms with van der Waals surface area (Å²) in [6.07, 6.45) is 3.66. The van der Waals surface area contributed by atoms with Gasteiger partial charge in [-0.25, -0.2) is 9.78 Å². The summed E-state index contributed by atoms with van der Waals surface area (Å²) in [4.78, 5) is 15.8. The zero-order valence-electron chi connectivity index (χ0n) is 11.3. The lowest BCUT2D eigenvalue weighted by Crippen LogP contribution is -2.12. The van der Waals surface area contributed by atoms with Gasteiger partial charge in [-0.15, -0.1) is 0 Å². The molecule has 0 bridgehead atoms. The molecular formula is C14H17N3O2. The fraction of sp³-hybridized carbons (Fsp3) is 0.286. The van der Waals surface area contributed by atoms with Crippen LogP contribution in [0.4, 0.5) is 5.69 Å². The molecule has 0 saturated carbocycles. The third-order valence-electron chi connectivity index (χ3n) is 2.91. The van der Waals surface area contributed by atoms with Gasteiger partial charge in [0, 0.05) is 25.1 Å². The number of hydrogen-bond acceptors (Lipinski definition) is 4. The summed E-state index contributed by atoms with van der Waals surface area (Å²) in [5.74, 6) is 0.594. The zero-order chi connectivity index (χ0) is 13.8. The zero-order valence-corrected chi connectivity index (χ0v) is 11.3. The first-order valence-corrected chi connectivity index (χ1v) is 6.04. The predicted octanol–water partition coefficient (Wildman–Crippen LogP) is 2.38. The summed E-state index contributed by atoms with van der Waals surface area (Å²) in [6.45, 7) is 2.02. The quantitative estimate of drug-likeness (QED) is 0.856. The molecule has 5 heteroatoms. The van der Waals surface area contributed by atoms with Crippen LogP contribution < -0.4 is 5.32 Å². The normalized spacial score (nSPS) is 11.9. The van der Waals surface area contributed by atoms with Crippen LogP contribution in [0.3, 0.4) is 0 Å². The Balaban J connectivity index is 2.15. The summed E-state index contributed by atoms with van der Waals surface area (Å²) in [5, 5.41) is 3.31. The van der Waals surface area contributed by atoms with Crippen molar-refractivity contribution < 1.29 is 9.53 Å². The Morgan fingerprint density at radius 2 is 2.26 bits per heavy atom. The maximum Gasteiger partial charge on any atom is 0.337 e. The summed E-state index contributed by atoms with van der Waals surface area (Å²) >= 11 is 0. The highest BCUT2D eigenvalue weighted by atomic mass is 16.5. The van der Waals surface area contributed by atoms with Crippen LogP contribution in [0.1, 0.15) is 29.1 Å². The number of carbonyl (C=O) groups excluding carboxylic acids is 1. The third kappa shape index (κ3) is 2.93. The van der Waals surface area contributed by atoms with Gasteiger partial charge in [-0.3, -0.25) is 0 Å². The molecule has 2 aromatic rings. The van der Waals surface area contributed by atoms with Gasteiger partial charge in [0.05, 0.1) is 18.7 Å². The number of hydrogen-bond donors (Lipinski definition) is 1. The van der Waals surface area contributed by atoms with Crippen molar-refractivity contribution in [2.45, 2.75) is 13.0 Å². The molecular weight excluding hydrogens is 242 g/mol. The lowest BCUT2D eigenvalue weighted by Gasteiger charge is -2.15. The van der Waals surface area contributed by atoms with Crippen molar-refractivity contribution in [3.8, 4) is 0 Å². The summed E-state index contributed by atoms with van der Waals surface area (Å²) in [5.41, 5.74) is 1.39. The maximum absolute atomic E-state index is 11.5. The van der Waals surface area contributed by atoms with Crippen molar-refractivity contribution in [1.82, 2.24) is 9.55 Å². The number of esters is 1. The lowest BCUT2D eigenvalue weighted by atomic mass is 10.2. The first kappa shape index (κ1) is 13.1. The van der Waals surface area contributed by atoms with Gasteiger partial charge in [-0.05, 0) is 25.1 Å². The molecule has 19 heavy (non-hydrogen) atoms. The Morgan fingerprint density at radius 1 is 1.47 bits per heavy atom. The second-order valence-electron chi connectivity index (χ2n) is 4.33. The topological polar surface area (TPSA) is 56.1 Å². The van der Waals surface area contributed by atoms with Crippen molar-refractivity contribution in [1.29, 1.82) is 0 Å². The van der Waals surface area contributed by atoms with Crippen LogP contribution in [0, 0.1) is 0 Å². The predicted molar refractivity (Wildman–Crippen MR) is 73.0 cm³/mol. The van der Waals surface area contributed by atoms with Crippen LogP contribution in [0.15, 0.2) is 36.7 Å². The standard InChI is InChI=1S/C14H17N3O2/c1-10(13-15-7-8-17(13)2)16-12-6-4-5-11(9-12)14(18)19-3/h4-10,16H,1-3H3. The Hall–Kier alpha value is -2.30. The van der Waals surface area contributed by atoms with Gasteiger partial charge >= 0.3 is 5.97 Å². The first-order chi connectivity index (χ1) is 9.11. The van der Waals surface area contributed by atoms with E-state index in [1.54, 1.807) is 18.3 Å². The molecule has 1 heterocycles. The molecule has 0 fully saturated rings. The molecule has 0 aliphatic heterocycles. The Morgan fingerprint density at radius 3 is 2.89 bits per heavy atom. The minimum absolute atomic E-state index is 0.0490. The number of ether oxygens (including phenoxy) is 1. The molecule has 2 rings (SSSR count). The molecule has 5 nitrogen and oxygen atoms in total. The second kappa shape index (κ2) is 5.56. The fourth-order valence-electron chi connectivity index (χ4n) is 1.96. The van der Waals surface area contributed by atoms with E-state index in [1.165, 1.54) is 7.11 Å². The smallest absolute Gasteiger partial charge is 0.337 e. The van der Waals surface area contributed by atoms with Crippen molar-refractivity contribution in [3.05, 3.63) is 48.0 Å². The number of anilines is 1. The maximum atomic E-state index is 11.5. The molecule has 1 aromatic heterocycles. The van der Waals surface area contributed by atoms with E-state index in [1.807, 2.05) is 36.9 Å². The van der Waals surface area contributed by atoms with Gasteiger partial charge in [0.25, 0.3) is 0 Å². The summed E-state index contributed by atoms with van der Waals surface area (Å²) in [7, 11) is 3.32. The van der Waals surface area contributed by atoms with Crippen molar-refractivity contribution in [2.24, 2.45) is 7.05 Å². The summed E-state index contributed by atoms with van der Waals surface area (Å²) < 4.78 is 6.66. The Labute approximate surface area is 112 Å². The van der Waals surface area contributed by atoms with E-state index in [2.05, 4.69) is 10.3 Å². The molecule has 1 unspecified atom stereocenters. The van der Waals surface area contributed by atoms with Crippen LogP contribution in [0.25, 0.3) is 0 Å². The number of carbonyl (C=O) groups is 1. The molecule has 0 aliphatic carbocycles. The molecule has 100 valence electrons. The van der Waals surface area contributed by atoms with Crippen LogP contribution in [0.2, 0.25) is 0 Å². The monoisotopic (exact) mass is 259 g/mol. The number of methoxy groups -OCH3 is 1. The van der Waals surface area contributed by atoms with Crippen LogP contribution in [-0.4, -0.2) is 22.6 Å². The van der Waals surface area contributed by atoms with Gasteiger partial charge in [-0.2, -0.15) is 0 Å². The largest absolute Gasteiger partial charge is 0.465 e. The first-order valence-electron chi connectivity index (χ1n) is 6.04.